The molecule has 1 atom stereocenters. The number of aliphatic hydroxyl groups is 1. The average Bonchev–Trinajstić information content (AvgIpc) is 2.16. The highest BCUT2D eigenvalue weighted by atomic mass is 79.9. The summed E-state index contributed by atoms with van der Waals surface area (Å²) in [6, 6.07) is 8.61. The fraction of sp³-hybridized carbons (Fsp3) is 0.538. The third-order valence-corrected chi connectivity index (χ3v) is 3.09. The minimum absolute atomic E-state index is 0.315. The maximum absolute atomic E-state index is 9.59. The number of halogens is 1. The van der Waals surface area contributed by atoms with Gasteiger partial charge in [-0.3, -0.25) is 0 Å². The molecule has 0 spiro atoms. The first kappa shape index (κ1) is 13.7. The number of rotatable bonds is 5. The first-order valence-electron chi connectivity index (χ1n) is 5.60. The van der Waals surface area contributed by atoms with Gasteiger partial charge in [-0.25, -0.2) is 0 Å². The molecule has 3 heteroatoms. The lowest BCUT2D eigenvalue weighted by Crippen LogP contribution is -2.28. The first-order chi connectivity index (χ1) is 7.38. The highest BCUT2D eigenvalue weighted by Crippen LogP contribution is 2.16. The van der Waals surface area contributed by atoms with Crippen molar-refractivity contribution in [3.05, 3.63) is 34.3 Å². The SMILES string of the molecule is CC(NCCC(C)(C)O)c1ccc(Br)cc1. The predicted molar refractivity (Wildman–Crippen MR) is 71.5 cm³/mol. The molecular formula is C13H20BrNO. The molecule has 90 valence electrons. The van der Waals surface area contributed by atoms with Crippen LogP contribution in [-0.2, 0) is 0 Å². The van der Waals surface area contributed by atoms with Gasteiger partial charge in [-0.05, 0) is 51.4 Å². The summed E-state index contributed by atoms with van der Waals surface area (Å²) in [5.74, 6) is 0. The van der Waals surface area contributed by atoms with Gasteiger partial charge in [0.25, 0.3) is 0 Å². The maximum Gasteiger partial charge on any atom is 0.0603 e. The topological polar surface area (TPSA) is 32.3 Å². The molecule has 0 saturated carbocycles. The van der Waals surface area contributed by atoms with E-state index in [1.54, 1.807) is 0 Å². The highest BCUT2D eigenvalue weighted by Gasteiger charge is 2.12. The Balaban J connectivity index is 2.41. The van der Waals surface area contributed by atoms with Gasteiger partial charge in [-0.2, -0.15) is 0 Å². The van der Waals surface area contributed by atoms with E-state index in [-0.39, 0.29) is 0 Å². The second-order valence-corrected chi connectivity index (χ2v) is 5.71. The second kappa shape index (κ2) is 5.80. The largest absolute Gasteiger partial charge is 0.390 e. The van der Waals surface area contributed by atoms with Crippen LogP contribution >= 0.6 is 15.9 Å². The van der Waals surface area contributed by atoms with Crippen molar-refractivity contribution in [2.45, 2.75) is 38.8 Å². The number of hydrogen-bond donors (Lipinski definition) is 2. The number of hydrogen-bond acceptors (Lipinski definition) is 2. The van der Waals surface area contributed by atoms with Crippen molar-refractivity contribution in [1.82, 2.24) is 5.32 Å². The van der Waals surface area contributed by atoms with Crippen molar-refractivity contribution in [3.63, 3.8) is 0 Å². The Hall–Kier alpha value is -0.380. The van der Waals surface area contributed by atoms with E-state index in [9.17, 15) is 5.11 Å². The Bertz CT molecular complexity index is 316. The summed E-state index contributed by atoms with van der Waals surface area (Å²) in [6.45, 7) is 6.62. The summed E-state index contributed by atoms with van der Waals surface area (Å²) in [5, 5.41) is 13.0. The van der Waals surface area contributed by atoms with Gasteiger partial charge in [0.2, 0.25) is 0 Å². The third-order valence-electron chi connectivity index (χ3n) is 2.56. The van der Waals surface area contributed by atoms with Gasteiger partial charge in [-0.1, -0.05) is 28.1 Å². The molecular weight excluding hydrogens is 266 g/mol. The molecule has 16 heavy (non-hydrogen) atoms. The van der Waals surface area contributed by atoms with Crippen LogP contribution in [0, 0.1) is 0 Å². The first-order valence-corrected chi connectivity index (χ1v) is 6.39. The zero-order valence-electron chi connectivity index (χ0n) is 10.1. The Morgan fingerprint density at radius 1 is 1.31 bits per heavy atom. The van der Waals surface area contributed by atoms with Crippen molar-refractivity contribution in [2.75, 3.05) is 6.54 Å². The summed E-state index contributed by atoms with van der Waals surface area (Å²) in [4.78, 5) is 0. The van der Waals surface area contributed by atoms with E-state index in [1.165, 1.54) is 5.56 Å². The summed E-state index contributed by atoms with van der Waals surface area (Å²) in [6.07, 6.45) is 0.758. The van der Waals surface area contributed by atoms with E-state index in [4.69, 9.17) is 0 Å². The van der Waals surface area contributed by atoms with Crippen molar-refractivity contribution in [1.29, 1.82) is 0 Å². The molecule has 0 saturated heterocycles. The molecule has 0 aromatic heterocycles. The van der Waals surface area contributed by atoms with Crippen LogP contribution in [-0.4, -0.2) is 17.3 Å². The van der Waals surface area contributed by atoms with E-state index in [0.29, 0.717) is 6.04 Å². The lowest BCUT2D eigenvalue weighted by molar-refractivity contribution is 0.0705. The maximum atomic E-state index is 9.59. The van der Waals surface area contributed by atoms with Crippen LogP contribution in [0.25, 0.3) is 0 Å². The van der Waals surface area contributed by atoms with Crippen LogP contribution in [0.1, 0.15) is 38.8 Å². The van der Waals surface area contributed by atoms with Gasteiger partial charge in [0.1, 0.15) is 0 Å². The quantitative estimate of drug-likeness (QED) is 0.870. The Labute approximate surface area is 106 Å². The monoisotopic (exact) mass is 285 g/mol. The normalized spacial score (nSPS) is 13.8. The minimum Gasteiger partial charge on any atom is -0.390 e. The molecule has 0 amide bonds. The van der Waals surface area contributed by atoms with Crippen LogP contribution in [0.15, 0.2) is 28.7 Å². The smallest absolute Gasteiger partial charge is 0.0603 e. The Morgan fingerprint density at radius 3 is 2.38 bits per heavy atom. The fourth-order valence-electron chi connectivity index (χ4n) is 1.46. The Kier molecular flexibility index (Phi) is 4.96. The van der Waals surface area contributed by atoms with Crippen molar-refractivity contribution in [2.24, 2.45) is 0 Å². The lowest BCUT2D eigenvalue weighted by atomic mass is 10.0. The molecule has 0 aliphatic carbocycles. The zero-order chi connectivity index (χ0) is 12.2. The third kappa shape index (κ3) is 5.10. The van der Waals surface area contributed by atoms with E-state index < -0.39 is 5.60 Å². The van der Waals surface area contributed by atoms with Crippen LogP contribution in [0.5, 0.6) is 0 Å². The number of nitrogens with one attached hydrogen (secondary N) is 1. The molecule has 0 aliphatic heterocycles. The summed E-state index contributed by atoms with van der Waals surface area (Å²) in [5.41, 5.74) is 0.672. The summed E-state index contributed by atoms with van der Waals surface area (Å²) in [7, 11) is 0. The molecule has 1 aromatic rings. The van der Waals surface area contributed by atoms with E-state index in [1.807, 2.05) is 26.0 Å². The molecule has 0 bridgehead atoms. The van der Waals surface area contributed by atoms with Crippen LogP contribution in [0.4, 0.5) is 0 Å². The van der Waals surface area contributed by atoms with Gasteiger partial charge in [0, 0.05) is 10.5 Å². The van der Waals surface area contributed by atoms with E-state index >= 15 is 0 Å². The van der Waals surface area contributed by atoms with Gasteiger partial charge in [0.15, 0.2) is 0 Å². The van der Waals surface area contributed by atoms with Gasteiger partial charge in [-0.15, -0.1) is 0 Å². The second-order valence-electron chi connectivity index (χ2n) is 4.79. The van der Waals surface area contributed by atoms with Crippen LogP contribution in [0.3, 0.4) is 0 Å². The van der Waals surface area contributed by atoms with E-state index in [0.717, 1.165) is 17.4 Å². The standard InChI is InChI=1S/C13H20BrNO/c1-10(15-9-8-13(2,3)16)11-4-6-12(14)7-5-11/h4-7,10,15-16H,8-9H2,1-3H3. The summed E-state index contributed by atoms with van der Waals surface area (Å²) >= 11 is 3.42. The van der Waals surface area contributed by atoms with Gasteiger partial charge < -0.3 is 10.4 Å². The molecule has 0 heterocycles. The molecule has 1 aromatic carbocycles. The zero-order valence-corrected chi connectivity index (χ0v) is 11.7. The van der Waals surface area contributed by atoms with Crippen molar-refractivity contribution in [3.8, 4) is 0 Å². The lowest BCUT2D eigenvalue weighted by Gasteiger charge is -2.20. The fourth-order valence-corrected chi connectivity index (χ4v) is 1.73. The van der Waals surface area contributed by atoms with Crippen molar-refractivity contribution >= 4 is 15.9 Å². The Morgan fingerprint density at radius 2 is 1.88 bits per heavy atom. The minimum atomic E-state index is -0.591. The summed E-state index contributed by atoms with van der Waals surface area (Å²) < 4.78 is 1.10. The molecule has 1 unspecified atom stereocenters. The van der Waals surface area contributed by atoms with E-state index in [2.05, 4.69) is 40.3 Å². The van der Waals surface area contributed by atoms with Gasteiger partial charge >= 0.3 is 0 Å². The van der Waals surface area contributed by atoms with Crippen LogP contribution in [0.2, 0.25) is 0 Å². The van der Waals surface area contributed by atoms with Crippen LogP contribution < -0.4 is 5.32 Å². The molecule has 0 fully saturated rings. The average molecular weight is 286 g/mol. The molecule has 1 rings (SSSR count). The highest BCUT2D eigenvalue weighted by molar-refractivity contribution is 9.10. The molecule has 2 nitrogen and oxygen atoms in total. The molecule has 0 radical (unpaired) electrons. The number of benzene rings is 1. The van der Waals surface area contributed by atoms with Crippen molar-refractivity contribution < 1.29 is 5.11 Å². The predicted octanol–water partition coefficient (Wildman–Crippen LogP) is 3.26. The molecule has 0 aliphatic rings. The van der Waals surface area contributed by atoms with Gasteiger partial charge in [0.05, 0.1) is 5.60 Å². The molecule has 2 N–H and O–H groups in total.